The lowest BCUT2D eigenvalue weighted by Crippen LogP contribution is -2.04. The number of halogens is 1. The molecule has 3 heteroatoms. The largest absolute Gasteiger partial charge is 0.250 e. The minimum atomic E-state index is 0.770. The van der Waals surface area contributed by atoms with Crippen LogP contribution in [0.2, 0.25) is 0 Å². The Morgan fingerprint density at radius 1 is 1.50 bits per heavy atom. The molecule has 1 aromatic heterocycles. The van der Waals surface area contributed by atoms with E-state index < -0.39 is 0 Å². The SMILES string of the molecule is CCCC(CBr)CSc1ccccn1. The molecule has 0 amide bonds. The summed E-state index contributed by atoms with van der Waals surface area (Å²) in [4.78, 5) is 4.29. The molecule has 0 aliphatic rings. The molecule has 1 rings (SSSR count). The Labute approximate surface area is 98.8 Å². The standard InChI is InChI=1S/C11H16BrNS/c1-2-5-10(8-12)9-14-11-6-3-4-7-13-11/h3-4,6-7,10H,2,5,8-9H2,1H3. The first-order valence-corrected chi connectivity index (χ1v) is 7.07. The molecule has 1 aromatic rings. The summed E-state index contributed by atoms with van der Waals surface area (Å²) in [6.45, 7) is 2.24. The second-order valence-electron chi connectivity index (χ2n) is 3.29. The number of pyridine rings is 1. The molecule has 0 spiro atoms. The van der Waals surface area contributed by atoms with E-state index >= 15 is 0 Å². The van der Waals surface area contributed by atoms with Crippen molar-refractivity contribution in [3.8, 4) is 0 Å². The van der Waals surface area contributed by atoms with Crippen molar-refractivity contribution in [2.45, 2.75) is 24.8 Å². The van der Waals surface area contributed by atoms with Crippen LogP contribution < -0.4 is 0 Å². The fraction of sp³-hybridized carbons (Fsp3) is 0.545. The van der Waals surface area contributed by atoms with E-state index in [4.69, 9.17) is 0 Å². The van der Waals surface area contributed by atoms with Crippen molar-refractivity contribution in [3.05, 3.63) is 24.4 Å². The molecule has 0 fully saturated rings. The first-order valence-electron chi connectivity index (χ1n) is 4.96. The van der Waals surface area contributed by atoms with Crippen molar-refractivity contribution in [2.24, 2.45) is 5.92 Å². The average Bonchev–Trinajstić information content (AvgIpc) is 2.25. The van der Waals surface area contributed by atoms with Gasteiger partial charge >= 0.3 is 0 Å². The maximum atomic E-state index is 4.29. The Morgan fingerprint density at radius 3 is 2.93 bits per heavy atom. The molecule has 0 aromatic carbocycles. The van der Waals surface area contributed by atoms with Crippen LogP contribution in [0.5, 0.6) is 0 Å². The fourth-order valence-electron chi connectivity index (χ4n) is 1.25. The molecule has 0 saturated heterocycles. The van der Waals surface area contributed by atoms with Gasteiger partial charge in [0, 0.05) is 17.3 Å². The highest BCUT2D eigenvalue weighted by atomic mass is 79.9. The van der Waals surface area contributed by atoms with Gasteiger partial charge in [-0.3, -0.25) is 0 Å². The minimum absolute atomic E-state index is 0.770. The van der Waals surface area contributed by atoms with Gasteiger partial charge in [0.2, 0.25) is 0 Å². The first-order chi connectivity index (χ1) is 6.86. The van der Waals surface area contributed by atoms with E-state index in [1.54, 1.807) is 0 Å². The van der Waals surface area contributed by atoms with Crippen molar-refractivity contribution in [3.63, 3.8) is 0 Å². The van der Waals surface area contributed by atoms with Crippen LogP contribution in [0.25, 0.3) is 0 Å². The molecule has 0 N–H and O–H groups in total. The molecule has 1 atom stereocenters. The van der Waals surface area contributed by atoms with Crippen LogP contribution in [0.1, 0.15) is 19.8 Å². The van der Waals surface area contributed by atoms with Gasteiger partial charge in [0.1, 0.15) is 0 Å². The van der Waals surface area contributed by atoms with Gasteiger partial charge in [0.05, 0.1) is 5.03 Å². The molecular weight excluding hydrogens is 258 g/mol. The van der Waals surface area contributed by atoms with Crippen LogP contribution in [0.3, 0.4) is 0 Å². The first kappa shape index (κ1) is 12.1. The zero-order valence-corrected chi connectivity index (χ0v) is 10.9. The van der Waals surface area contributed by atoms with Gasteiger partial charge in [-0.25, -0.2) is 4.98 Å². The zero-order valence-electron chi connectivity index (χ0n) is 8.45. The summed E-state index contributed by atoms with van der Waals surface area (Å²) in [5.41, 5.74) is 0. The summed E-state index contributed by atoms with van der Waals surface area (Å²) >= 11 is 5.41. The maximum Gasteiger partial charge on any atom is 0.0959 e. The monoisotopic (exact) mass is 273 g/mol. The zero-order chi connectivity index (χ0) is 10.2. The lowest BCUT2D eigenvalue weighted by atomic mass is 10.1. The van der Waals surface area contributed by atoms with Crippen molar-refractivity contribution in [2.75, 3.05) is 11.1 Å². The molecule has 0 aliphatic carbocycles. The van der Waals surface area contributed by atoms with E-state index in [1.165, 1.54) is 12.8 Å². The number of nitrogens with zero attached hydrogens (tertiary/aromatic N) is 1. The van der Waals surface area contributed by atoms with E-state index in [1.807, 2.05) is 30.1 Å². The van der Waals surface area contributed by atoms with Crippen LogP contribution in [0.15, 0.2) is 29.4 Å². The van der Waals surface area contributed by atoms with Crippen molar-refractivity contribution < 1.29 is 0 Å². The molecule has 1 unspecified atom stereocenters. The lowest BCUT2D eigenvalue weighted by molar-refractivity contribution is 0.597. The minimum Gasteiger partial charge on any atom is -0.250 e. The Morgan fingerprint density at radius 2 is 2.36 bits per heavy atom. The quantitative estimate of drug-likeness (QED) is 0.574. The average molecular weight is 274 g/mol. The van der Waals surface area contributed by atoms with Gasteiger partial charge in [-0.1, -0.05) is 35.3 Å². The molecule has 0 aliphatic heterocycles. The number of hydrogen-bond donors (Lipinski definition) is 0. The van der Waals surface area contributed by atoms with E-state index in [2.05, 4.69) is 33.9 Å². The van der Waals surface area contributed by atoms with E-state index in [-0.39, 0.29) is 0 Å². The highest BCUT2D eigenvalue weighted by molar-refractivity contribution is 9.09. The van der Waals surface area contributed by atoms with Gasteiger partial charge in [-0.05, 0) is 24.5 Å². The Kier molecular flexibility index (Phi) is 6.28. The summed E-state index contributed by atoms with van der Waals surface area (Å²) in [7, 11) is 0. The maximum absolute atomic E-state index is 4.29. The molecule has 0 bridgehead atoms. The summed E-state index contributed by atoms with van der Waals surface area (Å²) in [6.07, 6.45) is 4.41. The molecule has 0 saturated carbocycles. The molecule has 78 valence electrons. The van der Waals surface area contributed by atoms with Gasteiger partial charge in [0.25, 0.3) is 0 Å². The molecule has 1 nitrogen and oxygen atoms in total. The lowest BCUT2D eigenvalue weighted by Gasteiger charge is -2.11. The van der Waals surface area contributed by atoms with E-state index in [9.17, 15) is 0 Å². The number of alkyl halides is 1. The smallest absolute Gasteiger partial charge is 0.0959 e. The molecular formula is C11H16BrNS. The van der Waals surface area contributed by atoms with E-state index in [0.717, 1.165) is 22.0 Å². The second-order valence-corrected chi connectivity index (χ2v) is 4.98. The van der Waals surface area contributed by atoms with Crippen LogP contribution in [0, 0.1) is 5.92 Å². The van der Waals surface area contributed by atoms with Crippen molar-refractivity contribution in [1.29, 1.82) is 0 Å². The normalized spacial score (nSPS) is 12.7. The summed E-state index contributed by atoms with van der Waals surface area (Å²) < 4.78 is 0. The van der Waals surface area contributed by atoms with Crippen LogP contribution in [-0.4, -0.2) is 16.1 Å². The summed E-state index contributed by atoms with van der Waals surface area (Å²) in [5, 5.41) is 2.23. The van der Waals surface area contributed by atoms with Crippen LogP contribution >= 0.6 is 27.7 Å². The fourth-order valence-corrected chi connectivity index (χ4v) is 3.11. The topological polar surface area (TPSA) is 12.9 Å². The predicted octanol–water partition coefficient (Wildman–Crippen LogP) is 3.98. The van der Waals surface area contributed by atoms with Gasteiger partial charge < -0.3 is 0 Å². The Bertz CT molecular complexity index is 240. The van der Waals surface area contributed by atoms with Crippen molar-refractivity contribution >= 4 is 27.7 Å². The third-order valence-electron chi connectivity index (χ3n) is 2.02. The molecule has 1 heterocycles. The summed E-state index contributed by atoms with van der Waals surface area (Å²) in [5.74, 6) is 1.93. The van der Waals surface area contributed by atoms with E-state index in [0.29, 0.717) is 0 Å². The number of rotatable bonds is 6. The summed E-state index contributed by atoms with van der Waals surface area (Å²) in [6, 6.07) is 6.07. The highest BCUT2D eigenvalue weighted by Crippen LogP contribution is 2.21. The third-order valence-corrected chi connectivity index (χ3v) is 4.11. The highest BCUT2D eigenvalue weighted by Gasteiger charge is 2.06. The van der Waals surface area contributed by atoms with Gasteiger partial charge in [-0.2, -0.15) is 0 Å². The Hall–Kier alpha value is -0.0200. The molecule has 0 radical (unpaired) electrons. The van der Waals surface area contributed by atoms with Crippen LogP contribution in [0.4, 0.5) is 0 Å². The van der Waals surface area contributed by atoms with Crippen LogP contribution in [-0.2, 0) is 0 Å². The molecule has 14 heavy (non-hydrogen) atoms. The number of aromatic nitrogens is 1. The second kappa shape index (κ2) is 7.30. The van der Waals surface area contributed by atoms with Gasteiger partial charge in [-0.15, -0.1) is 11.8 Å². The third kappa shape index (κ3) is 4.47. The number of hydrogen-bond acceptors (Lipinski definition) is 2. The predicted molar refractivity (Wildman–Crippen MR) is 67.2 cm³/mol. The van der Waals surface area contributed by atoms with Gasteiger partial charge in [0.15, 0.2) is 0 Å². The van der Waals surface area contributed by atoms with Crippen molar-refractivity contribution in [1.82, 2.24) is 4.98 Å². The Balaban J connectivity index is 2.32. The number of thioether (sulfide) groups is 1.